The van der Waals surface area contributed by atoms with Crippen molar-refractivity contribution in [1.29, 1.82) is 0 Å². The van der Waals surface area contributed by atoms with E-state index in [1.165, 1.54) is 0 Å². The molecule has 0 unspecified atom stereocenters. The molecule has 1 aromatic rings. The fourth-order valence-corrected chi connectivity index (χ4v) is 2.35. The summed E-state index contributed by atoms with van der Waals surface area (Å²) in [7, 11) is -3.42. The Balaban J connectivity index is 3.10. The van der Waals surface area contributed by atoms with E-state index >= 15 is 0 Å². The third-order valence-electron chi connectivity index (χ3n) is 2.79. The average molecular weight is 347 g/mol. The van der Waals surface area contributed by atoms with Crippen LogP contribution in [-0.2, 0) is 14.6 Å². The van der Waals surface area contributed by atoms with E-state index in [1.54, 1.807) is 0 Å². The summed E-state index contributed by atoms with van der Waals surface area (Å²) in [5.74, 6) is -1.83. The highest BCUT2D eigenvalue weighted by Gasteiger charge is 2.25. The van der Waals surface area contributed by atoms with Gasteiger partial charge in [0.25, 0.3) is 11.4 Å². The summed E-state index contributed by atoms with van der Waals surface area (Å²) in [5, 5.41) is 33.0. The summed E-state index contributed by atoms with van der Waals surface area (Å²) >= 11 is 0. The fraction of sp³-hybridized carbons (Fsp3) is 0.364. The van der Waals surface area contributed by atoms with Crippen LogP contribution < -0.4 is 5.32 Å². The third-order valence-corrected chi connectivity index (χ3v) is 3.77. The van der Waals surface area contributed by atoms with Crippen molar-refractivity contribution < 1.29 is 28.2 Å². The minimum atomic E-state index is -3.42. The molecule has 1 rings (SSSR count). The van der Waals surface area contributed by atoms with E-state index in [1.807, 2.05) is 0 Å². The van der Waals surface area contributed by atoms with Gasteiger partial charge < -0.3 is 10.4 Å². The van der Waals surface area contributed by atoms with Crippen LogP contribution in [0.4, 0.5) is 17.1 Å². The van der Waals surface area contributed by atoms with Gasteiger partial charge in [0.2, 0.25) is 0 Å². The molecule has 0 aliphatic rings. The number of non-ortho nitro benzene ring substituents is 1. The second kappa shape index (κ2) is 7.00. The highest BCUT2D eigenvalue weighted by Crippen LogP contribution is 2.29. The van der Waals surface area contributed by atoms with Gasteiger partial charge in [-0.15, -0.1) is 0 Å². The van der Waals surface area contributed by atoms with E-state index in [2.05, 4.69) is 5.32 Å². The summed E-state index contributed by atoms with van der Waals surface area (Å²) < 4.78 is 22.2. The number of benzene rings is 1. The van der Waals surface area contributed by atoms with Gasteiger partial charge in [0.05, 0.1) is 21.7 Å². The number of nitro benzene ring substituents is 2. The second-order valence-corrected chi connectivity index (χ2v) is 6.93. The van der Waals surface area contributed by atoms with Gasteiger partial charge in [0.1, 0.15) is 21.6 Å². The van der Waals surface area contributed by atoms with Gasteiger partial charge in [-0.2, -0.15) is 0 Å². The molecule has 12 heteroatoms. The molecule has 126 valence electrons. The number of rotatable bonds is 8. The number of carboxylic acids is 1. The summed E-state index contributed by atoms with van der Waals surface area (Å²) in [4.78, 5) is 31.0. The Morgan fingerprint density at radius 3 is 2.35 bits per heavy atom. The summed E-state index contributed by atoms with van der Waals surface area (Å²) in [5.41, 5.74) is -1.45. The number of aliphatic carboxylic acids is 1. The Morgan fingerprint density at radius 2 is 1.91 bits per heavy atom. The molecule has 0 aliphatic carbocycles. The minimum Gasteiger partial charge on any atom is -0.480 e. The molecule has 23 heavy (non-hydrogen) atoms. The Bertz CT molecular complexity index is 746. The second-order valence-electron chi connectivity index (χ2n) is 4.67. The summed E-state index contributed by atoms with van der Waals surface area (Å²) in [6.07, 6.45) is 0.614. The largest absolute Gasteiger partial charge is 0.480 e. The Hall–Kier alpha value is -2.76. The molecule has 0 spiro atoms. The quantitative estimate of drug-likeness (QED) is 0.510. The van der Waals surface area contributed by atoms with Crippen LogP contribution in [0.1, 0.15) is 6.42 Å². The lowest BCUT2D eigenvalue weighted by molar-refractivity contribution is -0.393. The predicted molar refractivity (Wildman–Crippen MR) is 79.1 cm³/mol. The minimum absolute atomic E-state index is 0.249. The van der Waals surface area contributed by atoms with Crippen molar-refractivity contribution in [2.24, 2.45) is 0 Å². The molecule has 0 saturated heterocycles. The molecular weight excluding hydrogens is 334 g/mol. The zero-order chi connectivity index (χ0) is 17.8. The van der Waals surface area contributed by atoms with Crippen LogP contribution in [0.15, 0.2) is 18.2 Å². The molecule has 2 N–H and O–H groups in total. The Kier molecular flexibility index (Phi) is 5.57. The molecule has 1 atom stereocenters. The maximum atomic E-state index is 11.1. The van der Waals surface area contributed by atoms with Crippen LogP contribution >= 0.6 is 0 Å². The number of nitro groups is 2. The van der Waals surface area contributed by atoms with Crippen molar-refractivity contribution in [3.05, 3.63) is 38.4 Å². The first-order chi connectivity index (χ1) is 10.5. The average Bonchev–Trinajstić information content (AvgIpc) is 2.41. The van der Waals surface area contributed by atoms with Gasteiger partial charge in [-0.05, 0) is 12.5 Å². The van der Waals surface area contributed by atoms with Crippen molar-refractivity contribution in [3.63, 3.8) is 0 Å². The number of hydrogen-bond acceptors (Lipinski definition) is 8. The molecule has 0 aliphatic heterocycles. The van der Waals surface area contributed by atoms with Gasteiger partial charge >= 0.3 is 5.97 Å². The highest BCUT2D eigenvalue weighted by atomic mass is 32.2. The van der Waals surface area contributed by atoms with Gasteiger partial charge in [0, 0.05) is 12.3 Å². The SMILES string of the molecule is CS(=O)(=O)CC[C@H](Nc1ccc([N+](=O)[O-])cc1[N+](=O)[O-])C(=O)O. The molecule has 0 heterocycles. The number of anilines is 1. The van der Waals surface area contributed by atoms with Gasteiger partial charge in [-0.3, -0.25) is 20.2 Å². The highest BCUT2D eigenvalue weighted by molar-refractivity contribution is 7.90. The smallest absolute Gasteiger partial charge is 0.326 e. The lowest BCUT2D eigenvalue weighted by atomic mass is 10.2. The molecule has 1 aromatic carbocycles. The molecule has 0 bridgehead atoms. The van der Waals surface area contributed by atoms with Crippen LogP contribution in [0.25, 0.3) is 0 Å². The normalized spacial score (nSPS) is 12.4. The fourth-order valence-electron chi connectivity index (χ4n) is 1.68. The van der Waals surface area contributed by atoms with E-state index in [4.69, 9.17) is 5.11 Å². The summed E-state index contributed by atoms with van der Waals surface area (Å²) in [6, 6.07) is 1.28. The van der Waals surface area contributed by atoms with Crippen LogP contribution in [0, 0.1) is 20.2 Å². The molecule has 0 fully saturated rings. The van der Waals surface area contributed by atoms with E-state index in [-0.39, 0.29) is 12.1 Å². The number of sulfone groups is 1. The van der Waals surface area contributed by atoms with E-state index in [0.717, 1.165) is 18.4 Å². The number of carboxylic acid groups (broad SMARTS) is 1. The van der Waals surface area contributed by atoms with E-state index in [0.29, 0.717) is 6.07 Å². The van der Waals surface area contributed by atoms with Crippen molar-refractivity contribution in [2.75, 3.05) is 17.3 Å². The molecule has 0 radical (unpaired) electrons. The van der Waals surface area contributed by atoms with Crippen LogP contribution in [0.3, 0.4) is 0 Å². The lowest BCUT2D eigenvalue weighted by Gasteiger charge is -2.15. The molecule has 0 aromatic heterocycles. The van der Waals surface area contributed by atoms with Crippen molar-refractivity contribution in [1.82, 2.24) is 0 Å². The van der Waals surface area contributed by atoms with E-state index in [9.17, 15) is 33.4 Å². The molecule has 0 amide bonds. The molecule has 0 saturated carbocycles. The van der Waals surface area contributed by atoms with Gasteiger partial charge in [-0.25, -0.2) is 13.2 Å². The van der Waals surface area contributed by atoms with Crippen molar-refractivity contribution >= 4 is 32.9 Å². The Morgan fingerprint density at radius 1 is 1.30 bits per heavy atom. The monoisotopic (exact) mass is 347 g/mol. The van der Waals surface area contributed by atoms with Crippen LogP contribution in [-0.4, -0.2) is 47.4 Å². The zero-order valence-electron chi connectivity index (χ0n) is 11.8. The Labute approximate surface area is 130 Å². The topological polar surface area (TPSA) is 170 Å². The summed E-state index contributed by atoms with van der Waals surface area (Å²) in [6.45, 7) is 0. The van der Waals surface area contributed by atoms with Gasteiger partial charge in [-0.1, -0.05) is 0 Å². The zero-order valence-corrected chi connectivity index (χ0v) is 12.6. The number of carbonyl (C=O) groups is 1. The van der Waals surface area contributed by atoms with Gasteiger partial charge in [0.15, 0.2) is 0 Å². The van der Waals surface area contributed by atoms with Crippen LogP contribution in [0.5, 0.6) is 0 Å². The molecular formula is C11H13N3O8S. The number of nitrogens with one attached hydrogen (secondary N) is 1. The van der Waals surface area contributed by atoms with Crippen molar-refractivity contribution in [3.8, 4) is 0 Å². The van der Waals surface area contributed by atoms with Crippen molar-refractivity contribution in [2.45, 2.75) is 12.5 Å². The molecule has 11 nitrogen and oxygen atoms in total. The number of nitrogens with zero attached hydrogens (tertiary/aromatic N) is 2. The third kappa shape index (κ3) is 5.50. The maximum absolute atomic E-state index is 11.1. The first kappa shape index (κ1) is 18.3. The van der Waals surface area contributed by atoms with Crippen LogP contribution in [0.2, 0.25) is 0 Å². The predicted octanol–water partition coefficient (Wildman–Crippen LogP) is 0.803. The van der Waals surface area contributed by atoms with E-state index < -0.39 is 48.8 Å². The first-order valence-electron chi connectivity index (χ1n) is 6.11. The number of hydrogen-bond donors (Lipinski definition) is 2. The lowest BCUT2D eigenvalue weighted by Crippen LogP contribution is -2.31. The maximum Gasteiger partial charge on any atom is 0.326 e. The standard InChI is InChI=1S/C11H13N3O8S/c1-23(21,22)5-4-9(11(15)16)12-8-3-2-7(13(17)18)6-10(8)14(19)20/h2-3,6,9,12H,4-5H2,1H3,(H,15,16)/t9-/m0/s1. The first-order valence-corrected chi connectivity index (χ1v) is 8.17.